The van der Waals surface area contributed by atoms with Crippen LogP contribution in [0.15, 0.2) is 0 Å². The fourth-order valence-corrected chi connectivity index (χ4v) is 0.822. The highest BCUT2D eigenvalue weighted by Gasteiger charge is 2.19. The normalized spacial score (nSPS) is 35.3. The second kappa shape index (κ2) is 4.01. The Balaban J connectivity index is 0.000000640. The highest BCUT2D eigenvalue weighted by molar-refractivity contribution is 5.85. The van der Waals surface area contributed by atoms with E-state index in [4.69, 9.17) is 0 Å². The first-order valence-corrected chi connectivity index (χ1v) is 2.80. The predicted octanol–water partition coefficient (Wildman–Crippen LogP) is 1.43. The van der Waals surface area contributed by atoms with Gasteiger partial charge in [0, 0.05) is 13.0 Å². The van der Waals surface area contributed by atoms with Crippen LogP contribution in [0.2, 0.25) is 0 Å². The summed E-state index contributed by atoms with van der Waals surface area (Å²) in [7, 11) is 0. The molecule has 1 rings (SSSR count). The van der Waals surface area contributed by atoms with E-state index in [1.54, 1.807) is 0 Å². The van der Waals surface area contributed by atoms with E-state index in [2.05, 4.69) is 5.32 Å². The van der Waals surface area contributed by atoms with Gasteiger partial charge in [-0.05, 0) is 6.42 Å². The molecule has 4 heteroatoms. The minimum atomic E-state index is -1.11. The van der Waals surface area contributed by atoms with Crippen LogP contribution in [-0.4, -0.2) is 19.0 Å². The Kier molecular flexibility index (Phi) is 4.06. The lowest BCUT2D eigenvalue weighted by atomic mass is 10.1. The van der Waals surface area contributed by atoms with Crippen molar-refractivity contribution in [1.29, 1.82) is 0 Å². The number of rotatable bonds is 0. The van der Waals surface area contributed by atoms with Gasteiger partial charge in [0.1, 0.15) is 6.17 Å². The summed E-state index contributed by atoms with van der Waals surface area (Å²) in [5.74, 6) is 0. The fraction of sp³-hybridized carbons (Fsp3) is 1.00. The second-order valence-electron chi connectivity index (χ2n) is 2.04. The molecular formula is C5H10ClF2N. The SMILES string of the molecule is Cl.FC1CCNC(F)C1. The molecule has 1 fully saturated rings. The molecule has 2 atom stereocenters. The smallest absolute Gasteiger partial charge is 0.153 e. The Morgan fingerprint density at radius 2 is 2.00 bits per heavy atom. The first-order chi connectivity index (χ1) is 3.79. The lowest BCUT2D eigenvalue weighted by Gasteiger charge is -2.19. The maximum atomic E-state index is 12.2. The number of hydrogen-bond donors (Lipinski definition) is 1. The van der Waals surface area contributed by atoms with Crippen LogP contribution in [0.5, 0.6) is 0 Å². The van der Waals surface area contributed by atoms with Crippen LogP contribution in [-0.2, 0) is 0 Å². The number of alkyl halides is 2. The molecule has 0 aromatic carbocycles. The van der Waals surface area contributed by atoms with Gasteiger partial charge in [-0.25, -0.2) is 8.78 Å². The average molecular weight is 158 g/mol. The van der Waals surface area contributed by atoms with Crippen LogP contribution < -0.4 is 5.32 Å². The molecule has 0 bridgehead atoms. The van der Waals surface area contributed by atoms with Crippen molar-refractivity contribution in [2.24, 2.45) is 0 Å². The third-order valence-corrected chi connectivity index (χ3v) is 1.29. The molecular weight excluding hydrogens is 148 g/mol. The molecule has 1 aliphatic rings. The van der Waals surface area contributed by atoms with E-state index in [1.165, 1.54) is 0 Å². The molecule has 56 valence electrons. The van der Waals surface area contributed by atoms with Gasteiger partial charge in [-0.15, -0.1) is 12.4 Å². The number of nitrogens with one attached hydrogen (secondary N) is 1. The average Bonchev–Trinajstić information content (AvgIpc) is 1.64. The number of halogens is 3. The summed E-state index contributed by atoms with van der Waals surface area (Å²) in [5.41, 5.74) is 0. The third kappa shape index (κ3) is 2.96. The van der Waals surface area contributed by atoms with Crippen molar-refractivity contribution in [1.82, 2.24) is 5.32 Å². The zero-order chi connectivity index (χ0) is 5.98. The van der Waals surface area contributed by atoms with E-state index in [0.717, 1.165) is 0 Å². The van der Waals surface area contributed by atoms with Gasteiger partial charge in [0.15, 0.2) is 6.30 Å². The Hall–Kier alpha value is 0.110. The van der Waals surface area contributed by atoms with E-state index in [0.29, 0.717) is 13.0 Å². The molecule has 0 radical (unpaired) electrons. The van der Waals surface area contributed by atoms with Crippen LogP contribution in [0.25, 0.3) is 0 Å². The van der Waals surface area contributed by atoms with Gasteiger partial charge in [-0.3, -0.25) is 5.32 Å². The molecule has 1 N–H and O–H groups in total. The predicted molar refractivity (Wildman–Crippen MR) is 34.3 cm³/mol. The molecule has 0 aliphatic carbocycles. The minimum Gasteiger partial charge on any atom is -0.288 e. The van der Waals surface area contributed by atoms with E-state index in [-0.39, 0.29) is 18.8 Å². The molecule has 1 saturated heterocycles. The van der Waals surface area contributed by atoms with Gasteiger partial charge in [0.25, 0.3) is 0 Å². The van der Waals surface area contributed by atoms with Gasteiger partial charge < -0.3 is 0 Å². The molecule has 0 saturated carbocycles. The molecule has 2 unspecified atom stereocenters. The maximum absolute atomic E-state index is 12.2. The Morgan fingerprint density at radius 1 is 1.33 bits per heavy atom. The third-order valence-electron chi connectivity index (χ3n) is 1.29. The fourth-order valence-electron chi connectivity index (χ4n) is 0.822. The van der Waals surface area contributed by atoms with Gasteiger partial charge in [0.2, 0.25) is 0 Å². The first-order valence-electron chi connectivity index (χ1n) is 2.80. The summed E-state index contributed by atoms with van der Waals surface area (Å²) >= 11 is 0. The highest BCUT2D eigenvalue weighted by atomic mass is 35.5. The lowest BCUT2D eigenvalue weighted by Crippen LogP contribution is -2.35. The van der Waals surface area contributed by atoms with Gasteiger partial charge >= 0.3 is 0 Å². The summed E-state index contributed by atoms with van der Waals surface area (Å²) in [4.78, 5) is 0. The summed E-state index contributed by atoms with van der Waals surface area (Å²) < 4.78 is 24.2. The topological polar surface area (TPSA) is 12.0 Å². The van der Waals surface area contributed by atoms with E-state index < -0.39 is 12.5 Å². The van der Waals surface area contributed by atoms with Crippen molar-refractivity contribution < 1.29 is 8.78 Å². The Bertz CT molecular complexity index is 73.4. The molecule has 1 aliphatic heterocycles. The van der Waals surface area contributed by atoms with E-state index in [1.807, 2.05) is 0 Å². The Labute approximate surface area is 59.2 Å². The standard InChI is InChI=1S/C5H9F2N.ClH/c6-4-1-2-8-5(7)3-4;/h4-5,8H,1-3H2;1H. The van der Waals surface area contributed by atoms with Gasteiger partial charge in [-0.1, -0.05) is 0 Å². The van der Waals surface area contributed by atoms with Crippen molar-refractivity contribution in [3.05, 3.63) is 0 Å². The molecule has 0 aromatic rings. The number of piperidine rings is 1. The minimum absolute atomic E-state index is 0. The van der Waals surface area contributed by atoms with Gasteiger partial charge in [0.05, 0.1) is 0 Å². The molecule has 0 aromatic heterocycles. The largest absolute Gasteiger partial charge is 0.288 e. The van der Waals surface area contributed by atoms with E-state index >= 15 is 0 Å². The van der Waals surface area contributed by atoms with Crippen molar-refractivity contribution in [2.75, 3.05) is 6.54 Å². The summed E-state index contributed by atoms with van der Waals surface area (Å²) in [6.07, 6.45) is -1.55. The maximum Gasteiger partial charge on any atom is 0.153 e. The molecule has 0 amide bonds. The number of hydrogen-bond acceptors (Lipinski definition) is 1. The molecule has 9 heavy (non-hydrogen) atoms. The van der Waals surface area contributed by atoms with Gasteiger partial charge in [-0.2, -0.15) is 0 Å². The molecule has 0 spiro atoms. The van der Waals surface area contributed by atoms with E-state index in [9.17, 15) is 8.78 Å². The Morgan fingerprint density at radius 3 is 2.33 bits per heavy atom. The molecule has 1 heterocycles. The zero-order valence-corrected chi connectivity index (χ0v) is 5.76. The monoisotopic (exact) mass is 157 g/mol. The van der Waals surface area contributed by atoms with Crippen molar-refractivity contribution in [2.45, 2.75) is 25.3 Å². The molecule has 1 nitrogen and oxygen atoms in total. The summed E-state index contributed by atoms with van der Waals surface area (Å²) in [6, 6.07) is 0. The van der Waals surface area contributed by atoms with Crippen molar-refractivity contribution in [3.63, 3.8) is 0 Å². The van der Waals surface area contributed by atoms with Crippen molar-refractivity contribution in [3.8, 4) is 0 Å². The summed E-state index contributed by atoms with van der Waals surface area (Å²) in [6.45, 7) is 0.475. The van der Waals surface area contributed by atoms with Crippen LogP contribution in [0.3, 0.4) is 0 Å². The lowest BCUT2D eigenvalue weighted by molar-refractivity contribution is 0.143. The summed E-state index contributed by atoms with van der Waals surface area (Å²) in [5, 5.41) is 2.51. The quantitative estimate of drug-likeness (QED) is 0.525. The van der Waals surface area contributed by atoms with Crippen LogP contribution in [0, 0.1) is 0 Å². The van der Waals surface area contributed by atoms with Crippen molar-refractivity contribution >= 4 is 12.4 Å². The first kappa shape index (κ1) is 9.11. The van der Waals surface area contributed by atoms with Crippen LogP contribution >= 0.6 is 12.4 Å². The highest BCUT2D eigenvalue weighted by Crippen LogP contribution is 2.11. The van der Waals surface area contributed by atoms with Crippen LogP contribution in [0.4, 0.5) is 8.78 Å². The zero-order valence-electron chi connectivity index (χ0n) is 4.94. The second-order valence-corrected chi connectivity index (χ2v) is 2.04. The van der Waals surface area contributed by atoms with Crippen LogP contribution in [0.1, 0.15) is 12.8 Å².